The third-order valence-electron chi connectivity index (χ3n) is 7.30. The van der Waals surface area contributed by atoms with Crippen LogP contribution in [-0.4, -0.2) is 46.7 Å². The summed E-state index contributed by atoms with van der Waals surface area (Å²) in [5.74, 6) is 0.336. The van der Waals surface area contributed by atoms with E-state index in [2.05, 4.69) is 62.5 Å². The quantitative estimate of drug-likeness (QED) is 0.162. The molecular formula is C29H41IO7Si. The monoisotopic (exact) mass is 656 g/mol. The van der Waals surface area contributed by atoms with Crippen LogP contribution >= 0.6 is 22.6 Å². The van der Waals surface area contributed by atoms with Crippen LogP contribution in [0.1, 0.15) is 61.4 Å². The van der Waals surface area contributed by atoms with E-state index in [9.17, 15) is 14.7 Å². The Labute approximate surface area is 241 Å². The highest BCUT2D eigenvalue weighted by molar-refractivity contribution is 14.1. The Balaban J connectivity index is 2.50. The summed E-state index contributed by atoms with van der Waals surface area (Å²) in [5, 5.41) is 10.5. The van der Waals surface area contributed by atoms with Crippen molar-refractivity contribution in [3.8, 4) is 11.5 Å². The molecule has 0 aromatic heterocycles. The van der Waals surface area contributed by atoms with Crippen LogP contribution in [0.5, 0.6) is 11.5 Å². The number of hydrogen-bond donors (Lipinski definition) is 1. The summed E-state index contributed by atoms with van der Waals surface area (Å²) in [6.07, 6.45) is 1.99. The summed E-state index contributed by atoms with van der Waals surface area (Å²) in [7, 11) is 2.40. The lowest BCUT2D eigenvalue weighted by Crippen LogP contribution is -2.40. The fourth-order valence-corrected chi connectivity index (χ4v) is 5.30. The molecule has 1 N–H and O–H groups in total. The molecule has 0 unspecified atom stereocenters. The molecule has 0 fully saturated rings. The molecule has 2 aromatic carbocycles. The van der Waals surface area contributed by atoms with Crippen molar-refractivity contribution in [1.29, 1.82) is 0 Å². The van der Waals surface area contributed by atoms with Gasteiger partial charge in [0.1, 0.15) is 11.5 Å². The first kappa shape index (κ1) is 32.1. The molecule has 9 heteroatoms. The maximum Gasteiger partial charge on any atom is 0.305 e. The van der Waals surface area contributed by atoms with Gasteiger partial charge in [-0.15, -0.1) is 0 Å². The van der Waals surface area contributed by atoms with Gasteiger partial charge in [-0.25, -0.2) is 0 Å². The topological polar surface area (TPSA) is 91.3 Å². The number of aryl methyl sites for hydroxylation is 2. The number of benzene rings is 2. The molecule has 2 rings (SSSR count). The molecule has 0 saturated carbocycles. The van der Waals surface area contributed by atoms with E-state index >= 15 is 0 Å². The third kappa shape index (κ3) is 8.70. The molecule has 2 aromatic rings. The average Bonchev–Trinajstić information content (AvgIpc) is 2.86. The fourth-order valence-electron chi connectivity index (χ4n) is 3.81. The van der Waals surface area contributed by atoms with Crippen LogP contribution < -0.4 is 4.74 Å². The first-order valence-electron chi connectivity index (χ1n) is 12.7. The van der Waals surface area contributed by atoms with Crippen LogP contribution in [-0.2, 0) is 49.4 Å². The van der Waals surface area contributed by atoms with Crippen molar-refractivity contribution < 1.29 is 33.3 Å². The summed E-state index contributed by atoms with van der Waals surface area (Å²) in [4.78, 5) is 23.8. The second kappa shape index (κ2) is 13.8. The third-order valence-corrected chi connectivity index (χ3v) is 12.6. The van der Waals surface area contributed by atoms with Gasteiger partial charge < -0.3 is 23.7 Å². The largest absolute Gasteiger partial charge is 0.507 e. The Morgan fingerprint density at radius 1 is 0.842 bits per heavy atom. The minimum absolute atomic E-state index is 0.0661. The number of halogens is 1. The Morgan fingerprint density at radius 3 is 1.89 bits per heavy atom. The molecule has 0 heterocycles. The van der Waals surface area contributed by atoms with Gasteiger partial charge in [-0.05, 0) is 99.6 Å². The number of phenolic OH excluding ortho intramolecular Hbond substituents is 1. The number of esters is 2. The Hall–Kier alpha value is -2.11. The average molecular weight is 657 g/mol. The number of phenols is 1. The van der Waals surface area contributed by atoms with E-state index in [1.807, 2.05) is 12.1 Å². The Bertz CT molecular complexity index is 1140. The molecular weight excluding hydrogens is 615 g/mol. The van der Waals surface area contributed by atoms with Crippen molar-refractivity contribution in [2.45, 2.75) is 77.6 Å². The summed E-state index contributed by atoms with van der Waals surface area (Å²) in [6, 6.07) is 7.71. The molecule has 0 spiro atoms. The summed E-state index contributed by atoms with van der Waals surface area (Å²) in [5.41, 5.74) is 4.75. The normalized spacial score (nSPS) is 11.8. The number of aromatic hydroxyl groups is 1. The smallest absolute Gasteiger partial charge is 0.305 e. The van der Waals surface area contributed by atoms with Crippen molar-refractivity contribution in [1.82, 2.24) is 0 Å². The zero-order valence-corrected chi connectivity index (χ0v) is 27.0. The van der Waals surface area contributed by atoms with Crippen molar-refractivity contribution in [3.05, 3.63) is 55.7 Å². The number of ether oxygens (including phenoxy) is 3. The molecule has 0 aliphatic heterocycles. The van der Waals surface area contributed by atoms with Crippen LogP contribution in [0.25, 0.3) is 0 Å². The van der Waals surface area contributed by atoms with Crippen molar-refractivity contribution in [3.63, 3.8) is 0 Å². The molecule has 0 aliphatic rings. The van der Waals surface area contributed by atoms with Gasteiger partial charge in [0.2, 0.25) is 0 Å². The lowest BCUT2D eigenvalue weighted by molar-refractivity contribution is -0.141. The highest BCUT2D eigenvalue weighted by Crippen LogP contribution is 2.38. The molecule has 7 nitrogen and oxygen atoms in total. The SMILES string of the molecule is COC(=O)CCc1cc(Cc2cc(O)c(I)cc2CCC(=O)OC)c(OC)cc1CO[Si](C)(C)C(C)(C)C. The first-order valence-corrected chi connectivity index (χ1v) is 16.7. The zero-order valence-electron chi connectivity index (χ0n) is 23.8. The number of hydrogen-bond acceptors (Lipinski definition) is 7. The first-order chi connectivity index (χ1) is 17.7. The van der Waals surface area contributed by atoms with Gasteiger partial charge in [0, 0.05) is 19.3 Å². The number of methoxy groups -OCH3 is 3. The predicted molar refractivity (Wildman–Crippen MR) is 159 cm³/mol. The van der Waals surface area contributed by atoms with E-state index in [-0.39, 0.29) is 35.6 Å². The van der Waals surface area contributed by atoms with Gasteiger partial charge in [-0.2, -0.15) is 0 Å². The van der Waals surface area contributed by atoms with E-state index in [0.717, 1.165) is 31.4 Å². The van der Waals surface area contributed by atoms with Gasteiger partial charge in [0.15, 0.2) is 8.32 Å². The second-order valence-corrected chi connectivity index (χ2v) is 16.9. The molecule has 0 radical (unpaired) electrons. The second-order valence-electron chi connectivity index (χ2n) is 10.9. The van der Waals surface area contributed by atoms with Crippen LogP contribution in [0.2, 0.25) is 18.1 Å². The maximum absolute atomic E-state index is 12.0. The van der Waals surface area contributed by atoms with Gasteiger partial charge in [0.05, 0.1) is 31.5 Å². The maximum atomic E-state index is 12.0. The van der Waals surface area contributed by atoms with Gasteiger partial charge in [0.25, 0.3) is 0 Å². The van der Waals surface area contributed by atoms with E-state index < -0.39 is 8.32 Å². The minimum atomic E-state index is -2.00. The number of carbonyl (C=O) groups excluding carboxylic acids is 2. The standard InChI is InChI=1S/C29H41IO7Si/c1-29(2,3)38(7,8)37-18-23-17-26(34-4)22(13-19(23)9-11-27(32)35-5)14-21-16-25(31)24(30)15-20(21)10-12-28(33)36-6/h13,15-17,31H,9-12,14,18H2,1-8H3. The van der Waals surface area contributed by atoms with E-state index in [1.54, 1.807) is 13.2 Å². The Kier molecular flexibility index (Phi) is 11.7. The van der Waals surface area contributed by atoms with Crippen molar-refractivity contribution >= 4 is 42.8 Å². The molecule has 0 bridgehead atoms. The zero-order chi connectivity index (χ0) is 28.7. The van der Waals surface area contributed by atoms with Gasteiger partial charge in [-0.1, -0.05) is 26.8 Å². The lowest BCUT2D eigenvalue weighted by atomic mass is 9.92. The van der Waals surface area contributed by atoms with E-state index in [1.165, 1.54) is 14.2 Å². The Morgan fingerprint density at radius 2 is 1.39 bits per heavy atom. The summed E-state index contributed by atoms with van der Waals surface area (Å²) >= 11 is 2.08. The predicted octanol–water partition coefficient (Wildman–Crippen LogP) is 6.33. The highest BCUT2D eigenvalue weighted by atomic mass is 127. The summed E-state index contributed by atoms with van der Waals surface area (Å²) in [6.45, 7) is 11.5. The number of rotatable bonds is 12. The van der Waals surface area contributed by atoms with Crippen LogP contribution in [0, 0.1) is 3.57 Å². The van der Waals surface area contributed by atoms with E-state index in [4.69, 9.17) is 18.6 Å². The van der Waals surface area contributed by atoms with Crippen LogP contribution in [0.4, 0.5) is 0 Å². The highest BCUT2D eigenvalue weighted by Gasteiger charge is 2.37. The van der Waals surface area contributed by atoms with Crippen molar-refractivity contribution in [2.75, 3.05) is 21.3 Å². The molecule has 0 atom stereocenters. The van der Waals surface area contributed by atoms with Gasteiger partial charge in [-0.3, -0.25) is 9.59 Å². The molecule has 0 amide bonds. The molecule has 0 aliphatic carbocycles. The van der Waals surface area contributed by atoms with E-state index in [0.29, 0.717) is 31.6 Å². The molecule has 38 heavy (non-hydrogen) atoms. The summed E-state index contributed by atoms with van der Waals surface area (Å²) < 4.78 is 22.7. The fraction of sp³-hybridized carbons (Fsp3) is 0.517. The lowest BCUT2D eigenvalue weighted by Gasteiger charge is -2.36. The van der Waals surface area contributed by atoms with Crippen LogP contribution in [0.3, 0.4) is 0 Å². The van der Waals surface area contributed by atoms with Crippen LogP contribution in [0.15, 0.2) is 24.3 Å². The van der Waals surface area contributed by atoms with Crippen molar-refractivity contribution in [2.24, 2.45) is 0 Å². The molecule has 210 valence electrons. The minimum Gasteiger partial charge on any atom is -0.507 e. The number of carbonyl (C=O) groups is 2. The van der Waals surface area contributed by atoms with Gasteiger partial charge >= 0.3 is 11.9 Å². The molecule has 0 saturated heterocycles.